The molecule has 24 heavy (non-hydrogen) atoms. The molecule has 2 aromatic rings. The summed E-state index contributed by atoms with van der Waals surface area (Å²) in [7, 11) is 0. The number of nitrogens with one attached hydrogen (secondary N) is 1. The molecule has 4 nitrogen and oxygen atoms in total. The standard InChI is InChI=1S/C18H17F2N3O/c19-12-9-14(20)16(21-10-12)17(24)23-7-5-18(6-8-23)11-22-15-4-2-1-3-13(15)18/h1-4,9-10,22H,5-8,11H2. The Balaban J connectivity index is 1.52. The van der Waals surface area contributed by atoms with Crippen LogP contribution in [0.4, 0.5) is 14.5 Å². The molecular weight excluding hydrogens is 312 g/mol. The van der Waals surface area contributed by atoms with E-state index >= 15 is 0 Å². The van der Waals surface area contributed by atoms with Crippen molar-refractivity contribution in [2.75, 3.05) is 25.0 Å². The van der Waals surface area contributed by atoms with Crippen molar-refractivity contribution in [2.24, 2.45) is 0 Å². The number of amides is 1. The van der Waals surface area contributed by atoms with Crippen LogP contribution in [0.5, 0.6) is 0 Å². The van der Waals surface area contributed by atoms with E-state index in [1.807, 2.05) is 12.1 Å². The van der Waals surface area contributed by atoms with Gasteiger partial charge in [-0.1, -0.05) is 18.2 Å². The van der Waals surface area contributed by atoms with Crippen LogP contribution in [0.2, 0.25) is 0 Å². The highest BCUT2D eigenvalue weighted by Gasteiger charge is 2.42. The van der Waals surface area contributed by atoms with E-state index in [1.54, 1.807) is 4.90 Å². The molecule has 1 aromatic heterocycles. The van der Waals surface area contributed by atoms with E-state index in [0.717, 1.165) is 31.3 Å². The summed E-state index contributed by atoms with van der Waals surface area (Å²) < 4.78 is 26.7. The Morgan fingerprint density at radius 2 is 1.96 bits per heavy atom. The molecule has 1 fully saturated rings. The molecule has 1 aromatic carbocycles. The number of para-hydroxylation sites is 1. The second-order valence-electron chi connectivity index (χ2n) is 6.46. The number of likely N-dealkylation sites (tertiary alicyclic amines) is 1. The number of carbonyl (C=O) groups is 1. The Kier molecular flexibility index (Phi) is 3.48. The van der Waals surface area contributed by atoms with Gasteiger partial charge in [0.15, 0.2) is 11.5 Å². The molecule has 0 unspecified atom stereocenters. The minimum Gasteiger partial charge on any atom is -0.384 e. The van der Waals surface area contributed by atoms with Crippen molar-refractivity contribution in [3.8, 4) is 0 Å². The predicted octanol–water partition coefficient (Wildman–Crippen LogP) is 2.96. The zero-order valence-corrected chi connectivity index (χ0v) is 13.1. The summed E-state index contributed by atoms with van der Waals surface area (Å²) in [6, 6.07) is 8.94. The molecule has 6 heteroatoms. The second-order valence-corrected chi connectivity index (χ2v) is 6.46. The molecule has 124 valence electrons. The molecule has 0 saturated carbocycles. The first-order chi connectivity index (χ1) is 11.6. The van der Waals surface area contributed by atoms with Gasteiger partial charge >= 0.3 is 0 Å². The number of halogens is 2. The van der Waals surface area contributed by atoms with E-state index in [2.05, 4.69) is 22.4 Å². The van der Waals surface area contributed by atoms with Gasteiger partial charge < -0.3 is 10.2 Å². The normalized spacial score (nSPS) is 18.3. The lowest BCUT2D eigenvalue weighted by molar-refractivity contribution is 0.0665. The van der Waals surface area contributed by atoms with Crippen molar-refractivity contribution in [1.82, 2.24) is 9.88 Å². The molecule has 0 atom stereocenters. The predicted molar refractivity (Wildman–Crippen MR) is 85.9 cm³/mol. The molecule has 2 aliphatic rings. The molecule has 1 saturated heterocycles. The second kappa shape index (κ2) is 5.54. The quantitative estimate of drug-likeness (QED) is 0.875. The van der Waals surface area contributed by atoms with Crippen molar-refractivity contribution < 1.29 is 13.6 Å². The van der Waals surface area contributed by atoms with E-state index in [-0.39, 0.29) is 11.1 Å². The summed E-state index contributed by atoms with van der Waals surface area (Å²) >= 11 is 0. The van der Waals surface area contributed by atoms with Crippen LogP contribution in [-0.2, 0) is 5.41 Å². The first-order valence-electron chi connectivity index (χ1n) is 8.03. The topological polar surface area (TPSA) is 45.2 Å². The molecule has 1 spiro atoms. The van der Waals surface area contributed by atoms with Gasteiger partial charge in [-0.2, -0.15) is 0 Å². The summed E-state index contributed by atoms with van der Waals surface area (Å²) in [6.07, 6.45) is 2.50. The SMILES string of the molecule is O=C(c1ncc(F)cc1F)N1CCC2(CC1)CNc1ccccc12. The van der Waals surface area contributed by atoms with E-state index in [1.165, 1.54) is 5.56 Å². The lowest BCUT2D eigenvalue weighted by atomic mass is 9.74. The van der Waals surface area contributed by atoms with Gasteiger partial charge in [0.25, 0.3) is 5.91 Å². The number of piperidine rings is 1. The van der Waals surface area contributed by atoms with Crippen LogP contribution in [0.25, 0.3) is 0 Å². The number of aromatic nitrogens is 1. The summed E-state index contributed by atoms with van der Waals surface area (Å²) in [6.45, 7) is 1.93. The minimum absolute atomic E-state index is 0.0299. The maximum atomic E-state index is 13.8. The Labute approximate surface area is 138 Å². The Morgan fingerprint density at radius 1 is 1.21 bits per heavy atom. The summed E-state index contributed by atoms with van der Waals surface area (Å²) in [5.74, 6) is -2.16. The third-order valence-electron chi connectivity index (χ3n) is 5.13. The number of hydrogen-bond acceptors (Lipinski definition) is 3. The maximum Gasteiger partial charge on any atom is 0.275 e. The van der Waals surface area contributed by atoms with Crippen molar-refractivity contribution >= 4 is 11.6 Å². The molecule has 3 heterocycles. The van der Waals surface area contributed by atoms with Gasteiger partial charge in [0.1, 0.15) is 5.82 Å². The van der Waals surface area contributed by atoms with Crippen molar-refractivity contribution in [2.45, 2.75) is 18.3 Å². The number of hydrogen-bond donors (Lipinski definition) is 1. The fourth-order valence-electron chi connectivity index (χ4n) is 3.77. The van der Waals surface area contributed by atoms with Crippen molar-refractivity contribution in [3.63, 3.8) is 0 Å². The molecule has 4 rings (SSSR count). The van der Waals surface area contributed by atoms with Crippen molar-refractivity contribution in [3.05, 3.63) is 59.4 Å². The number of pyridine rings is 1. The summed E-state index contributed by atoms with van der Waals surface area (Å²) in [5, 5.41) is 3.43. The lowest BCUT2D eigenvalue weighted by Gasteiger charge is -2.39. The number of nitrogens with zero attached hydrogens (tertiary/aromatic N) is 2. The first kappa shape index (κ1) is 15.1. The van der Waals surface area contributed by atoms with E-state index in [9.17, 15) is 13.6 Å². The molecular formula is C18H17F2N3O. The van der Waals surface area contributed by atoms with Gasteiger partial charge in [0, 0.05) is 36.8 Å². The first-order valence-corrected chi connectivity index (χ1v) is 8.03. The fourth-order valence-corrected chi connectivity index (χ4v) is 3.77. The number of benzene rings is 1. The van der Waals surface area contributed by atoms with Gasteiger partial charge in [-0.3, -0.25) is 4.79 Å². The summed E-state index contributed by atoms with van der Waals surface area (Å²) in [4.78, 5) is 17.7. The molecule has 0 aliphatic carbocycles. The summed E-state index contributed by atoms with van der Waals surface area (Å²) in [5.41, 5.74) is 2.17. The monoisotopic (exact) mass is 329 g/mol. The van der Waals surface area contributed by atoms with Crippen LogP contribution in [0, 0.1) is 11.6 Å². The zero-order chi connectivity index (χ0) is 16.7. The maximum absolute atomic E-state index is 13.8. The van der Waals surface area contributed by atoms with Crippen LogP contribution in [0.15, 0.2) is 36.5 Å². The average molecular weight is 329 g/mol. The Morgan fingerprint density at radius 3 is 2.71 bits per heavy atom. The van der Waals surface area contributed by atoms with Gasteiger partial charge in [-0.05, 0) is 24.5 Å². The third kappa shape index (κ3) is 2.33. The number of fused-ring (bicyclic) bond motifs is 2. The average Bonchev–Trinajstić information content (AvgIpc) is 2.94. The highest BCUT2D eigenvalue weighted by atomic mass is 19.1. The molecule has 2 aliphatic heterocycles. The van der Waals surface area contributed by atoms with Crippen molar-refractivity contribution in [1.29, 1.82) is 0 Å². The van der Waals surface area contributed by atoms with Crippen LogP contribution < -0.4 is 5.32 Å². The van der Waals surface area contributed by atoms with Gasteiger partial charge in [0.2, 0.25) is 0 Å². The van der Waals surface area contributed by atoms with E-state index in [4.69, 9.17) is 0 Å². The Hall–Kier alpha value is -2.50. The molecule has 0 radical (unpaired) electrons. The minimum atomic E-state index is -0.909. The van der Waals surface area contributed by atoms with Crippen LogP contribution in [0.1, 0.15) is 28.9 Å². The van der Waals surface area contributed by atoms with Crippen LogP contribution in [0.3, 0.4) is 0 Å². The highest BCUT2D eigenvalue weighted by Crippen LogP contribution is 2.43. The smallest absolute Gasteiger partial charge is 0.275 e. The van der Waals surface area contributed by atoms with Crippen LogP contribution >= 0.6 is 0 Å². The largest absolute Gasteiger partial charge is 0.384 e. The third-order valence-corrected chi connectivity index (χ3v) is 5.13. The van der Waals surface area contributed by atoms with E-state index < -0.39 is 17.5 Å². The molecule has 0 bridgehead atoms. The fraction of sp³-hybridized carbons (Fsp3) is 0.333. The molecule has 1 amide bonds. The number of anilines is 1. The molecule has 1 N–H and O–H groups in total. The van der Waals surface area contributed by atoms with Gasteiger partial charge in [0.05, 0.1) is 6.20 Å². The number of rotatable bonds is 1. The van der Waals surface area contributed by atoms with Crippen LogP contribution in [-0.4, -0.2) is 35.4 Å². The zero-order valence-electron chi connectivity index (χ0n) is 13.1. The van der Waals surface area contributed by atoms with Gasteiger partial charge in [-0.25, -0.2) is 13.8 Å². The lowest BCUT2D eigenvalue weighted by Crippen LogP contribution is -2.46. The Bertz CT molecular complexity index is 801. The highest BCUT2D eigenvalue weighted by molar-refractivity contribution is 5.92. The van der Waals surface area contributed by atoms with Gasteiger partial charge in [-0.15, -0.1) is 0 Å². The number of carbonyl (C=O) groups excluding carboxylic acids is 1. The van der Waals surface area contributed by atoms with E-state index in [0.29, 0.717) is 19.2 Å².